The maximum atomic E-state index is 14.0. The Hall–Kier alpha value is -6.94. The molecule has 4 aromatic carbocycles. The molecular weight excluding hydrogens is 901 g/mol. The van der Waals surface area contributed by atoms with Crippen molar-refractivity contribution in [2.45, 2.75) is 101 Å². The maximum Gasteiger partial charge on any atom is 0.408 e. The number of methoxy groups -OCH3 is 1. The number of phenols is 2. The summed E-state index contributed by atoms with van der Waals surface area (Å²) in [7, 11) is 1.29. The summed E-state index contributed by atoms with van der Waals surface area (Å²) in [6, 6.07) is 17.8. The van der Waals surface area contributed by atoms with Crippen molar-refractivity contribution in [2.24, 2.45) is 5.73 Å². The van der Waals surface area contributed by atoms with E-state index in [-0.39, 0.29) is 47.6 Å². The number of ether oxygens (including phenoxy) is 5. The number of benzene rings is 4. The smallest absolute Gasteiger partial charge is 0.408 e. The first-order valence-corrected chi connectivity index (χ1v) is 22.3. The lowest BCUT2D eigenvalue weighted by atomic mass is 9.72. The van der Waals surface area contributed by atoms with E-state index in [0.29, 0.717) is 37.1 Å². The SMILES string of the molecule is COc1cccc2c1C(=O)c1c(O)c3c(c(O)c1C2=O)C[C@@](O)(C(=O)CO)C[C@@H]3OC1CC(NC(=O)OCc2ccc(NC(=O)[C@H](CCCCN)NC(=O)OCc3ccccc3)cc2)C(O)C(C)O1. The second-order valence-corrected chi connectivity index (χ2v) is 17.1. The highest BCUT2D eigenvalue weighted by Gasteiger charge is 2.50. The molecule has 20 heteroatoms. The van der Waals surface area contributed by atoms with Crippen molar-refractivity contribution in [3.05, 3.63) is 117 Å². The van der Waals surface area contributed by atoms with Crippen LogP contribution in [0.3, 0.4) is 0 Å². The first-order valence-electron chi connectivity index (χ1n) is 22.3. The highest BCUT2D eigenvalue weighted by molar-refractivity contribution is 6.31. The average Bonchev–Trinajstić information content (AvgIpc) is 3.34. The zero-order valence-electron chi connectivity index (χ0n) is 37.8. The zero-order chi connectivity index (χ0) is 49.6. The van der Waals surface area contributed by atoms with Gasteiger partial charge in [0.15, 0.2) is 17.9 Å². The minimum Gasteiger partial charge on any atom is -0.507 e. The fraction of sp³-hybridized carbons (Fsp3) is 0.388. The van der Waals surface area contributed by atoms with Gasteiger partial charge in [-0.25, -0.2) is 9.59 Å². The molecule has 69 heavy (non-hydrogen) atoms. The molecule has 0 spiro atoms. The van der Waals surface area contributed by atoms with Gasteiger partial charge in [0.25, 0.3) is 0 Å². The van der Waals surface area contributed by atoms with Crippen molar-refractivity contribution in [1.82, 2.24) is 10.6 Å². The minimum absolute atomic E-state index is 0.0258. The summed E-state index contributed by atoms with van der Waals surface area (Å²) in [5, 5.41) is 64.0. The summed E-state index contributed by atoms with van der Waals surface area (Å²) < 4.78 is 28.2. The van der Waals surface area contributed by atoms with Gasteiger partial charge >= 0.3 is 12.2 Å². The second-order valence-electron chi connectivity index (χ2n) is 17.1. The Labute approximate surface area is 395 Å². The van der Waals surface area contributed by atoms with E-state index >= 15 is 0 Å². The van der Waals surface area contributed by atoms with Crippen LogP contribution in [-0.2, 0) is 48.2 Å². The number of amides is 3. The van der Waals surface area contributed by atoms with E-state index in [1.54, 1.807) is 36.4 Å². The summed E-state index contributed by atoms with van der Waals surface area (Å²) in [5.74, 6) is -4.72. The number of fused-ring (bicyclic) bond motifs is 3. The Morgan fingerprint density at radius 3 is 2.23 bits per heavy atom. The fourth-order valence-corrected chi connectivity index (χ4v) is 8.78. The monoisotopic (exact) mass is 954 g/mol. The summed E-state index contributed by atoms with van der Waals surface area (Å²) in [4.78, 5) is 79.9. The molecule has 1 saturated heterocycles. The molecule has 0 bridgehead atoms. The number of phenolic OH excluding ortho intramolecular Hbond substituents is 2. The number of alkyl carbamates (subject to hydrolysis) is 2. The van der Waals surface area contributed by atoms with Crippen molar-refractivity contribution in [1.29, 1.82) is 0 Å². The fourth-order valence-electron chi connectivity index (χ4n) is 8.78. The van der Waals surface area contributed by atoms with Crippen LogP contribution in [0, 0.1) is 0 Å². The molecule has 20 nitrogen and oxygen atoms in total. The predicted molar refractivity (Wildman–Crippen MR) is 242 cm³/mol. The predicted octanol–water partition coefficient (Wildman–Crippen LogP) is 3.33. The molecule has 1 fully saturated rings. The van der Waals surface area contributed by atoms with Crippen LogP contribution in [0.1, 0.15) is 99.2 Å². The molecule has 0 radical (unpaired) electrons. The number of ketones is 3. The first-order chi connectivity index (χ1) is 33.1. The molecule has 3 aliphatic rings. The van der Waals surface area contributed by atoms with E-state index in [1.165, 1.54) is 32.2 Å². The van der Waals surface area contributed by atoms with Crippen LogP contribution in [-0.4, -0.2) is 117 Å². The number of nitrogens with two attached hydrogens (primary N) is 1. The third-order valence-electron chi connectivity index (χ3n) is 12.4. The molecular formula is C49H54N4O16. The molecule has 1 heterocycles. The molecule has 1 aliphatic heterocycles. The van der Waals surface area contributed by atoms with E-state index < -0.39 is 120 Å². The number of anilines is 1. The van der Waals surface area contributed by atoms with Crippen molar-refractivity contribution < 1.29 is 78.0 Å². The Balaban J connectivity index is 1.00. The van der Waals surface area contributed by atoms with E-state index in [1.807, 2.05) is 18.2 Å². The van der Waals surface area contributed by atoms with Gasteiger partial charge in [-0.1, -0.05) is 54.6 Å². The van der Waals surface area contributed by atoms with E-state index in [4.69, 9.17) is 29.4 Å². The third-order valence-corrected chi connectivity index (χ3v) is 12.4. The molecule has 0 aromatic heterocycles. The van der Waals surface area contributed by atoms with Gasteiger partial charge in [0.2, 0.25) is 11.7 Å². The molecule has 4 unspecified atom stereocenters. The van der Waals surface area contributed by atoms with Crippen LogP contribution >= 0.6 is 0 Å². The topological polar surface area (TPSA) is 312 Å². The van der Waals surface area contributed by atoms with Crippen molar-refractivity contribution in [2.75, 3.05) is 25.6 Å². The molecule has 7 atom stereocenters. The van der Waals surface area contributed by atoms with Crippen LogP contribution in [0.2, 0.25) is 0 Å². The quantitative estimate of drug-likeness (QED) is 0.0477. The number of aliphatic hydroxyl groups excluding tert-OH is 2. The number of Topliss-reactive ketones (excluding diaryl/α,β-unsaturated/α-hetero) is 1. The Bertz CT molecular complexity index is 2590. The maximum absolute atomic E-state index is 14.0. The van der Waals surface area contributed by atoms with Crippen molar-refractivity contribution in [3.63, 3.8) is 0 Å². The number of aromatic hydroxyl groups is 2. The Morgan fingerprint density at radius 1 is 0.870 bits per heavy atom. The third kappa shape index (κ3) is 10.9. The molecule has 4 aromatic rings. The number of nitrogens with one attached hydrogen (secondary N) is 3. The summed E-state index contributed by atoms with van der Waals surface area (Å²) >= 11 is 0. The summed E-state index contributed by atoms with van der Waals surface area (Å²) in [6.07, 6.45) is -6.84. The average molecular weight is 955 g/mol. The summed E-state index contributed by atoms with van der Waals surface area (Å²) in [5.41, 5.74) is 3.08. The van der Waals surface area contributed by atoms with Crippen LogP contribution in [0.5, 0.6) is 17.2 Å². The molecule has 2 aliphatic carbocycles. The highest BCUT2D eigenvalue weighted by atomic mass is 16.7. The van der Waals surface area contributed by atoms with Gasteiger partial charge in [-0.05, 0) is 62.1 Å². The number of aliphatic hydroxyl groups is 3. The Morgan fingerprint density at radius 2 is 1.55 bits per heavy atom. The standard InChI is InChI=1S/C49H54N4O16/c1-25-41(56)32(53-48(63)67-24-27-14-16-28(17-15-27)51-46(61)31(12-6-7-18-50)52-47(62)66-23-26-9-4-3-5-10-26)19-36(68-25)69-34-21-49(64,35(55)22-54)20-30-38(34)45(60)40-39(43(30)58)42(57)29-11-8-13-33(65-2)37(29)44(40)59/h3-5,8-11,13-17,25,31-32,34,36,41,54,56,58,60,64H,6-7,12,18-24,50H2,1-2H3,(H,51,61)(H,52,62)(H,53,63)/t25?,31-,32?,34-,36?,41?,49-/m0/s1. The van der Waals surface area contributed by atoms with Gasteiger partial charge in [-0.2, -0.15) is 0 Å². The largest absolute Gasteiger partial charge is 0.507 e. The normalized spacial score (nSPS) is 22.0. The Kier molecular flexibility index (Phi) is 15.6. The van der Waals surface area contributed by atoms with Gasteiger partial charge in [-0.15, -0.1) is 0 Å². The number of carbonyl (C=O) groups excluding carboxylic acids is 6. The summed E-state index contributed by atoms with van der Waals surface area (Å²) in [6.45, 7) is 0.597. The lowest BCUT2D eigenvalue weighted by Crippen LogP contribution is -2.56. The number of hydrogen-bond acceptors (Lipinski definition) is 17. The molecule has 10 N–H and O–H groups in total. The van der Waals surface area contributed by atoms with Gasteiger partial charge < -0.3 is 70.9 Å². The van der Waals surface area contributed by atoms with Crippen LogP contribution < -0.4 is 26.4 Å². The number of rotatable bonds is 17. The van der Waals surface area contributed by atoms with Crippen LogP contribution in [0.4, 0.5) is 15.3 Å². The van der Waals surface area contributed by atoms with E-state index in [2.05, 4.69) is 16.0 Å². The molecule has 0 saturated carbocycles. The highest BCUT2D eigenvalue weighted by Crippen LogP contribution is 2.52. The number of hydrogen-bond donors (Lipinski definition) is 9. The zero-order valence-corrected chi connectivity index (χ0v) is 37.8. The first kappa shape index (κ1) is 50.0. The lowest BCUT2D eigenvalue weighted by molar-refractivity contribution is -0.249. The van der Waals surface area contributed by atoms with Crippen molar-refractivity contribution in [3.8, 4) is 17.2 Å². The molecule has 3 amide bonds. The van der Waals surface area contributed by atoms with Crippen molar-refractivity contribution >= 4 is 41.1 Å². The van der Waals surface area contributed by atoms with E-state index in [0.717, 1.165) is 5.56 Å². The number of carbonyl (C=O) groups is 6. The molecule has 366 valence electrons. The minimum atomic E-state index is -2.39. The van der Waals surface area contributed by atoms with Gasteiger partial charge in [0, 0.05) is 41.6 Å². The van der Waals surface area contributed by atoms with Gasteiger partial charge in [0.1, 0.15) is 54.8 Å². The lowest BCUT2D eigenvalue weighted by Gasteiger charge is -2.42. The molecule has 7 rings (SSSR count). The number of unbranched alkanes of at least 4 members (excludes halogenated alkanes) is 1. The second kappa shape index (κ2) is 21.6. The van der Waals surface area contributed by atoms with E-state index in [9.17, 15) is 54.3 Å². The van der Waals surface area contributed by atoms with Gasteiger partial charge in [-0.3, -0.25) is 19.2 Å². The van der Waals surface area contributed by atoms with Crippen LogP contribution in [0.25, 0.3) is 0 Å². The van der Waals surface area contributed by atoms with Crippen LogP contribution in [0.15, 0.2) is 72.8 Å². The van der Waals surface area contributed by atoms with Gasteiger partial charge in [0.05, 0.1) is 42.0 Å².